The SMILES string of the molecule is COC(=O)Nc1cc(O)c(NS(=O)(=O)CCC[N+]2(C)CCN(C)CC2)cc1Cl. The first kappa shape index (κ1) is 22.5. The molecule has 28 heavy (non-hydrogen) atoms. The number of amides is 1. The highest BCUT2D eigenvalue weighted by atomic mass is 35.5. The van der Waals surface area contributed by atoms with Gasteiger partial charge in [-0.15, -0.1) is 0 Å². The van der Waals surface area contributed by atoms with Crippen molar-refractivity contribution in [1.29, 1.82) is 0 Å². The number of carbonyl (C=O) groups excluding carboxylic acids is 1. The Labute approximate surface area is 170 Å². The van der Waals surface area contributed by atoms with Crippen LogP contribution in [0.4, 0.5) is 16.2 Å². The second kappa shape index (κ2) is 9.17. The van der Waals surface area contributed by atoms with Gasteiger partial charge in [-0.3, -0.25) is 14.9 Å². The van der Waals surface area contributed by atoms with E-state index < -0.39 is 16.1 Å². The lowest BCUT2D eigenvalue weighted by atomic mass is 10.2. The van der Waals surface area contributed by atoms with Gasteiger partial charge in [0.1, 0.15) is 5.75 Å². The molecule has 0 spiro atoms. The number of phenolic OH excluding ortho intramolecular Hbond substituents is 1. The molecule has 2 rings (SSSR count). The fraction of sp³-hybridized carbons (Fsp3) is 0.588. The van der Waals surface area contributed by atoms with Gasteiger partial charge in [-0.05, 0) is 13.1 Å². The van der Waals surface area contributed by atoms with Crippen molar-refractivity contribution in [2.75, 3.05) is 69.7 Å². The molecule has 0 radical (unpaired) electrons. The van der Waals surface area contributed by atoms with E-state index >= 15 is 0 Å². The van der Waals surface area contributed by atoms with E-state index in [9.17, 15) is 18.3 Å². The number of methoxy groups -OCH3 is 1. The number of hydrogen-bond acceptors (Lipinski definition) is 6. The van der Waals surface area contributed by atoms with Crippen molar-refractivity contribution in [3.05, 3.63) is 17.2 Å². The zero-order valence-corrected chi connectivity index (χ0v) is 17.9. The molecule has 11 heteroatoms. The zero-order chi connectivity index (χ0) is 20.9. The highest BCUT2D eigenvalue weighted by Crippen LogP contribution is 2.34. The highest BCUT2D eigenvalue weighted by Gasteiger charge is 2.27. The van der Waals surface area contributed by atoms with E-state index in [-0.39, 0.29) is 27.9 Å². The molecule has 1 fully saturated rings. The molecule has 3 N–H and O–H groups in total. The van der Waals surface area contributed by atoms with Crippen molar-refractivity contribution < 1.29 is 27.5 Å². The molecule has 0 bridgehead atoms. The Kier molecular flexibility index (Phi) is 7.38. The second-order valence-electron chi connectivity index (χ2n) is 7.33. The quantitative estimate of drug-likeness (QED) is 0.445. The third-order valence-electron chi connectivity index (χ3n) is 4.93. The molecule has 1 aromatic carbocycles. The number of rotatable bonds is 7. The van der Waals surface area contributed by atoms with Gasteiger partial charge in [-0.25, -0.2) is 13.2 Å². The Hall–Kier alpha value is -1.75. The monoisotopic (exact) mass is 435 g/mol. The topological polar surface area (TPSA) is 108 Å². The van der Waals surface area contributed by atoms with Crippen molar-refractivity contribution in [2.24, 2.45) is 0 Å². The molecule has 1 aliphatic rings. The number of piperazine rings is 1. The van der Waals surface area contributed by atoms with Crippen LogP contribution in [0.2, 0.25) is 5.02 Å². The number of aromatic hydroxyl groups is 1. The van der Waals surface area contributed by atoms with Gasteiger partial charge in [0.2, 0.25) is 10.0 Å². The molecular formula is C17H28ClN4O5S+. The van der Waals surface area contributed by atoms with E-state index in [0.717, 1.165) is 43.3 Å². The number of nitrogens with one attached hydrogen (secondary N) is 2. The lowest BCUT2D eigenvalue weighted by molar-refractivity contribution is -0.913. The lowest BCUT2D eigenvalue weighted by Crippen LogP contribution is -2.56. The minimum atomic E-state index is -3.65. The van der Waals surface area contributed by atoms with Crippen molar-refractivity contribution in [2.45, 2.75) is 6.42 Å². The van der Waals surface area contributed by atoms with Gasteiger partial charge in [-0.2, -0.15) is 0 Å². The second-order valence-corrected chi connectivity index (χ2v) is 9.58. The maximum Gasteiger partial charge on any atom is 0.411 e. The molecule has 1 heterocycles. The maximum atomic E-state index is 12.4. The molecular weight excluding hydrogens is 408 g/mol. The molecule has 0 aliphatic carbocycles. The van der Waals surface area contributed by atoms with Crippen LogP contribution >= 0.6 is 11.6 Å². The number of nitrogens with zero attached hydrogens (tertiary/aromatic N) is 2. The lowest BCUT2D eigenvalue weighted by Gasteiger charge is -2.41. The highest BCUT2D eigenvalue weighted by molar-refractivity contribution is 7.92. The summed E-state index contributed by atoms with van der Waals surface area (Å²) in [6.07, 6.45) is -0.249. The van der Waals surface area contributed by atoms with Gasteiger partial charge in [0.25, 0.3) is 0 Å². The summed E-state index contributed by atoms with van der Waals surface area (Å²) in [5, 5.41) is 12.5. The van der Waals surface area contributed by atoms with Crippen LogP contribution in [0, 0.1) is 0 Å². The van der Waals surface area contributed by atoms with Gasteiger partial charge in [0, 0.05) is 25.6 Å². The van der Waals surface area contributed by atoms with E-state index in [1.807, 2.05) is 0 Å². The predicted molar refractivity (Wildman–Crippen MR) is 109 cm³/mol. The van der Waals surface area contributed by atoms with Gasteiger partial charge < -0.3 is 14.3 Å². The molecule has 1 saturated heterocycles. The summed E-state index contributed by atoms with van der Waals surface area (Å²) < 4.78 is 32.5. The number of ether oxygens (including phenoxy) is 1. The molecule has 0 atom stereocenters. The number of halogens is 1. The Balaban J connectivity index is 1.96. The van der Waals surface area contributed by atoms with Crippen LogP contribution in [-0.2, 0) is 14.8 Å². The summed E-state index contributed by atoms with van der Waals surface area (Å²) in [4.78, 5) is 13.5. The third-order valence-corrected chi connectivity index (χ3v) is 6.60. The van der Waals surface area contributed by atoms with E-state index in [1.54, 1.807) is 0 Å². The summed E-state index contributed by atoms with van der Waals surface area (Å²) in [7, 11) is 1.77. The number of quaternary nitrogens is 1. The standard InChI is InChI=1S/C17H27ClN4O5S/c1-21-5-8-22(2,9-6-21)7-4-10-28(25,26)20-15-11-13(18)14(12-16(15)23)19-17(24)27-3/h11-12,20H,4-10H2,1-3H3,(H-,19,23,24)/p+1. The number of phenols is 1. The van der Waals surface area contributed by atoms with Gasteiger partial charge in [-0.1, -0.05) is 11.6 Å². The van der Waals surface area contributed by atoms with E-state index in [2.05, 4.69) is 33.8 Å². The van der Waals surface area contributed by atoms with Gasteiger partial charge in [0.05, 0.1) is 55.9 Å². The summed E-state index contributed by atoms with van der Waals surface area (Å²) in [6, 6.07) is 2.40. The van der Waals surface area contributed by atoms with Crippen LogP contribution in [0.15, 0.2) is 12.1 Å². The van der Waals surface area contributed by atoms with Crippen molar-refractivity contribution in [3.8, 4) is 5.75 Å². The van der Waals surface area contributed by atoms with Crippen LogP contribution in [0.1, 0.15) is 6.42 Å². The molecule has 1 aromatic rings. The predicted octanol–water partition coefficient (Wildman–Crippen LogP) is 1.75. The minimum Gasteiger partial charge on any atom is -0.506 e. The van der Waals surface area contributed by atoms with Crippen LogP contribution in [-0.4, -0.2) is 88.7 Å². The first-order valence-corrected chi connectivity index (χ1v) is 11.0. The number of hydrogen-bond donors (Lipinski definition) is 3. The number of benzene rings is 1. The molecule has 9 nitrogen and oxygen atoms in total. The summed E-state index contributed by atoms with van der Waals surface area (Å²) in [5.74, 6) is -0.409. The first-order valence-electron chi connectivity index (χ1n) is 8.94. The fourth-order valence-corrected chi connectivity index (χ4v) is 4.35. The molecule has 1 amide bonds. The molecule has 0 unspecified atom stereocenters. The van der Waals surface area contributed by atoms with E-state index in [1.165, 1.54) is 13.2 Å². The Morgan fingerprint density at radius 2 is 1.96 bits per heavy atom. The molecule has 158 valence electrons. The number of likely N-dealkylation sites (N-methyl/N-ethyl adjacent to an activating group) is 2. The molecule has 0 aromatic heterocycles. The van der Waals surface area contributed by atoms with Gasteiger partial charge >= 0.3 is 6.09 Å². The Morgan fingerprint density at radius 1 is 1.32 bits per heavy atom. The number of sulfonamides is 1. The first-order chi connectivity index (χ1) is 13.0. The van der Waals surface area contributed by atoms with Crippen LogP contribution in [0.5, 0.6) is 5.75 Å². The smallest absolute Gasteiger partial charge is 0.411 e. The number of anilines is 2. The maximum absolute atomic E-state index is 12.4. The van der Waals surface area contributed by atoms with Gasteiger partial charge in [0.15, 0.2) is 0 Å². The van der Waals surface area contributed by atoms with E-state index in [4.69, 9.17) is 11.6 Å². The van der Waals surface area contributed by atoms with Crippen LogP contribution < -0.4 is 10.0 Å². The molecule has 0 saturated carbocycles. The van der Waals surface area contributed by atoms with E-state index in [0.29, 0.717) is 6.42 Å². The van der Waals surface area contributed by atoms with Crippen molar-refractivity contribution >= 4 is 39.1 Å². The average Bonchev–Trinajstić information content (AvgIpc) is 2.61. The average molecular weight is 436 g/mol. The molecule has 1 aliphatic heterocycles. The zero-order valence-electron chi connectivity index (χ0n) is 16.4. The largest absolute Gasteiger partial charge is 0.506 e. The van der Waals surface area contributed by atoms with Crippen molar-refractivity contribution in [3.63, 3.8) is 0 Å². The summed E-state index contributed by atoms with van der Waals surface area (Å²) >= 11 is 6.04. The van der Waals surface area contributed by atoms with Crippen molar-refractivity contribution in [1.82, 2.24) is 4.90 Å². The summed E-state index contributed by atoms with van der Waals surface area (Å²) in [6.45, 7) is 4.76. The van der Waals surface area contributed by atoms with Crippen LogP contribution in [0.3, 0.4) is 0 Å². The Bertz CT molecular complexity index is 810. The van der Waals surface area contributed by atoms with Crippen LogP contribution in [0.25, 0.3) is 0 Å². The minimum absolute atomic E-state index is 0.0413. The fourth-order valence-electron chi connectivity index (χ4n) is 3.03. The normalized spacial score (nSPS) is 17.1. The Morgan fingerprint density at radius 3 is 2.57 bits per heavy atom. The number of carbonyl (C=O) groups is 1. The summed E-state index contributed by atoms with van der Waals surface area (Å²) in [5.41, 5.74) is 0.0712. The third kappa shape index (κ3) is 6.40.